The van der Waals surface area contributed by atoms with Crippen LogP contribution < -0.4 is 11.1 Å². The van der Waals surface area contributed by atoms with E-state index < -0.39 is 5.97 Å². The molecule has 5 nitrogen and oxygen atoms in total. The third-order valence-electron chi connectivity index (χ3n) is 3.59. The second kappa shape index (κ2) is 7.70. The summed E-state index contributed by atoms with van der Waals surface area (Å²) in [5.74, 6) is -0.531. The van der Waals surface area contributed by atoms with E-state index in [1.165, 1.54) is 6.08 Å². The Bertz CT molecular complexity index is 878. The maximum absolute atomic E-state index is 11.7. The highest BCUT2D eigenvalue weighted by Gasteiger charge is 2.19. The summed E-state index contributed by atoms with van der Waals surface area (Å²) in [5, 5.41) is 4.36. The van der Waals surface area contributed by atoms with E-state index in [0.717, 1.165) is 16.8 Å². The zero-order valence-corrected chi connectivity index (χ0v) is 14.6. The zero-order valence-electron chi connectivity index (χ0n) is 13.1. The SMILES string of the molecule is NCOC(=O)/C=C1/CN=C(c2ccccc2Cl)c2cc(Cl)ccc2N1. The van der Waals surface area contributed by atoms with Crippen molar-refractivity contribution in [1.29, 1.82) is 0 Å². The number of hydrogen-bond acceptors (Lipinski definition) is 5. The Labute approximate surface area is 155 Å². The summed E-state index contributed by atoms with van der Waals surface area (Å²) >= 11 is 12.5. The van der Waals surface area contributed by atoms with Crippen LogP contribution in [0, 0.1) is 0 Å². The molecule has 2 aromatic carbocycles. The van der Waals surface area contributed by atoms with Crippen molar-refractivity contribution in [3.63, 3.8) is 0 Å². The normalized spacial score (nSPS) is 15.0. The van der Waals surface area contributed by atoms with Gasteiger partial charge in [-0.3, -0.25) is 10.7 Å². The van der Waals surface area contributed by atoms with E-state index in [1.807, 2.05) is 30.3 Å². The number of nitrogens with two attached hydrogens (primary N) is 1. The van der Waals surface area contributed by atoms with Crippen molar-refractivity contribution in [1.82, 2.24) is 0 Å². The van der Waals surface area contributed by atoms with Crippen LogP contribution in [-0.2, 0) is 9.53 Å². The van der Waals surface area contributed by atoms with E-state index in [0.29, 0.717) is 21.5 Å². The van der Waals surface area contributed by atoms with Crippen LogP contribution >= 0.6 is 23.2 Å². The van der Waals surface area contributed by atoms with Crippen molar-refractivity contribution < 1.29 is 9.53 Å². The first-order chi connectivity index (χ1) is 12.1. The Hall–Kier alpha value is -2.34. The number of nitrogens with one attached hydrogen (secondary N) is 1. The summed E-state index contributed by atoms with van der Waals surface area (Å²) in [4.78, 5) is 16.3. The molecule has 2 aromatic rings. The molecule has 0 aromatic heterocycles. The molecule has 0 saturated carbocycles. The predicted molar refractivity (Wildman–Crippen MR) is 100 cm³/mol. The molecule has 3 N–H and O–H groups in total. The summed E-state index contributed by atoms with van der Waals surface area (Å²) in [5.41, 5.74) is 8.88. The van der Waals surface area contributed by atoms with Gasteiger partial charge >= 0.3 is 5.97 Å². The largest absolute Gasteiger partial charge is 0.447 e. The van der Waals surface area contributed by atoms with Crippen molar-refractivity contribution in [3.8, 4) is 0 Å². The minimum Gasteiger partial charge on any atom is -0.447 e. The summed E-state index contributed by atoms with van der Waals surface area (Å²) in [6.45, 7) is 0.0788. The van der Waals surface area contributed by atoms with Gasteiger partial charge in [0.05, 0.1) is 12.3 Å². The van der Waals surface area contributed by atoms with Crippen molar-refractivity contribution in [2.75, 3.05) is 18.6 Å². The Morgan fingerprint density at radius 1 is 1.24 bits per heavy atom. The van der Waals surface area contributed by atoms with Crippen molar-refractivity contribution in [3.05, 3.63) is 75.4 Å². The number of carbonyl (C=O) groups excluding carboxylic acids is 1. The Kier molecular flexibility index (Phi) is 5.38. The second-order valence-corrected chi connectivity index (χ2v) is 6.10. The molecule has 1 aliphatic heterocycles. The van der Waals surface area contributed by atoms with Crippen molar-refractivity contribution >= 4 is 40.6 Å². The van der Waals surface area contributed by atoms with Crippen LogP contribution in [-0.4, -0.2) is 25.0 Å². The molecular weight excluding hydrogens is 361 g/mol. The molecule has 0 bridgehead atoms. The lowest BCUT2D eigenvalue weighted by Gasteiger charge is -2.12. The quantitative estimate of drug-likeness (QED) is 0.488. The molecule has 0 unspecified atom stereocenters. The minimum absolute atomic E-state index is 0.178. The monoisotopic (exact) mass is 375 g/mol. The summed E-state index contributed by atoms with van der Waals surface area (Å²) in [7, 11) is 0. The molecule has 0 fully saturated rings. The third-order valence-corrected chi connectivity index (χ3v) is 4.15. The first-order valence-electron chi connectivity index (χ1n) is 7.52. The molecule has 0 amide bonds. The summed E-state index contributed by atoms with van der Waals surface area (Å²) in [6.07, 6.45) is 1.34. The van der Waals surface area contributed by atoms with Crippen LogP contribution in [0.2, 0.25) is 10.0 Å². The van der Waals surface area contributed by atoms with Crippen molar-refractivity contribution in [2.45, 2.75) is 0 Å². The number of nitrogens with zero attached hydrogens (tertiary/aromatic N) is 1. The highest BCUT2D eigenvalue weighted by atomic mass is 35.5. The van der Waals surface area contributed by atoms with Crippen LogP contribution in [0.25, 0.3) is 0 Å². The number of hydrogen-bond donors (Lipinski definition) is 2. The van der Waals surface area contributed by atoms with Crippen LogP contribution in [0.3, 0.4) is 0 Å². The lowest BCUT2D eigenvalue weighted by Crippen LogP contribution is -2.12. The second-order valence-electron chi connectivity index (χ2n) is 5.26. The highest BCUT2D eigenvalue weighted by molar-refractivity contribution is 6.36. The number of aliphatic imine (C=N–C) groups is 1. The van der Waals surface area contributed by atoms with E-state index in [1.54, 1.807) is 12.1 Å². The van der Waals surface area contributed by atoms with Gasteiger partial charge in [0, 0.05) is 38.6 Å². The summed E-state index contributed by atoms with van der Waals surface area (Å²) in [6, 6.07) is 12.8. The van der Waals surface area contributed by atoms with Crippen molar-refractivity contribution in [2.24, 2.45) is 10.7 Å². The van der Waals surface area contributed by atoms with Crippen LogP contribution in [0.1, 0.15) is 11.1 Å². The molecule has 1 heterocycles. The third kappa shape index (κ3) is 4.02. The fourth-order valence-electron chi connectivity index (χ4n) is 2.51. The fraction of sp³-hybridized carbons (Fsp3) is 0.111. The van der Waals surface area contributed by atoms with Gasteiger partial charge in [0.1, 0.15) is 6.73 Å². The number of esters is 1. The fourth-order valence-corrected chi connectivity index (χ4v) is 2.91. The van der Waals surface area contributed by atoms with Gasteiger partial charge in [0.25, 0.3) is 0 Å². The maximum Gasteiger partial charge on any atom is 0.333 e. The van der Waals surface area contributed by atoms with Crippen LogP contribution in [0.5, 0.6) is 0 Å². The topological polar surface area (TPSA) is 76.7 Å². The standard InChI is InChI=1S/C18H15Cl2N3O2/c19-11-5-6-16-14(7-11)18(13-3-1-2-4-15(13)20)22-9-12(23-16)8-17(24)25-10-21/h1-8,23H,9-10,21H2/b12-8-. The average molecular weight is 376 g/mol. The minimum atomic E-state index is -0.531. The van der Waals surface area contributed by atoms with E-state index in [9.17, 15) is 4.79 Å². The predicted octanol–water partition coefficient (Wildman–Crippen LogP) is 3.60. The van der Waals surface area contributed by atoms with E-state index in [2.05, 4.69) is 10.3 Å². The number of fused-ring (bicyclic) bond motifs is 1. The smallest absolute Gasteiger partial charge is 0.333 e. The van der Waals surface area contributed by atoms with Gasteiger partial charge in [0.15, 0.2) is 0 Å². The molecule has 7 heteroatoms. The van der Waals surface area contributed by atoms with Gasteiger partial charge in [-0.25, -0.2) is 4.79 Å². The number of benzodiazepines with no additional fused rings is 1. The van der Waals surface area contributed by atoms with E-state index in [-0.39, 0.29) is 13.3 Å². The molecule has 0 spiro atoms. The van der Waals surface area contributed by atoms with E-state index >= 15 is 0 Å². The molecule has 25 heavy (non-hydrogen) atoms. The van der Waals surface area contributed by atoms with Crippen LogP contribution in [0.4, 0.5) is 5.69 Å². The van der Waals surface area contributed by atoms with Crippen LogP contribution in [0.15, 0.2) is 59.2 Å². The lowest BCUT2D eigenvalue weighted by atomic mass is 10.0. The lowest BCUT2D eigenvalue weighted by molar-refractivity contribution is -0.137. The number of rotatable bonds is 3. The first kappa shape index (κ1) is 17.5. The van der Waals surface area contributed by atoms with Gasteiger partial charge in [-0.2, -0.15) is 0 Å². The maximum atomic E-state index is 11.7. The molecular formula is C18H15Cl2N3O2. The van der Waals surface area contributed by atoms with Gasteiger partial charge in [-0.1, -0.05) is 41.4 Å². The Balaban J connectivity index is 2.10. The van der Waals surface area contributed by atoms with E-state index in [4.69, 9.17) is 33.7 Å². The molecule has 1 aliphatic rings. The zero-order chi connectivity index (χ0) is 17.8. The number of carbonyl (C=O) groups is 1. The number of benzene rings is 2. The van der Waals surface area contributed by atoms with Gasteiger partial charge in [-0.15, -0.1) is 0 Å². The average Bonchev–Trinajstić information content (AvgIpc) is 2.75. The molecule has 0 saturated heterocycles. The Morgan fingerprint density at radius 2 is 2.04 bits per heavy atom. The molecule has 0 radical (unpaired) electrons. The summed E-state index contributed by atoms with van der Waals surface area (Å²) < 4.78 is 4.75. The number of anilines is 1. The molecule has 128 valence electrons. The number of halogens is 2. The molecule has 0 atom stereocenters. The first-order valence-corrected chi connectivity index (χ1v) is 8.28. The van der Waals surface area contributed by atoms with Gasteiger partial charge in [-0.05, 0) is 24.3 Å². The van der Waals surface area contributed by atoms with Gasteiger partial charge in [0.2, 0.25) is 0 Å². The highest BCUT2D eigenvalue weighted by Crippen LogP contribution is 2.30. The molecule has 0 aliphatic carbocycles. The molecule has 3 rings (SSSR count). The van der Waals surface area contributed by atoms with Gasteiger partial charge < -0.3 is 10.1 Å². The Morgan fingerprint density at radius 3 is 2.80 bits per heavy atom. The number of ether oxygens (including phenoxy) is 1.